The third-order valence-electron chi connectivity index (χ3n) is 3.03. The Morgan fingerprint density at radius 1 is 1.22 bits per heavy atom. The number of hydrogen-bond acceptors (Lipinski definition) is 2. The molecule has 2 aromatic rings. The molecule has 0 unspecified atom stereocenters. The highest BCUT2D eigenvalue weighted by atomic mass is 16.1. The molecule has 1 heterocycles. The van der Waals surface area contributed by atoms with Crippen LogP contribution in [0.2, 0.25) is 0 Å². The molecule has 18 heavy (non-hydrogen) atoms. The molecule has 0 radical (unpaired) electrons. The average molecular weight is 238 g/mol. The molecule has 0 atom stereocenters. The number of hydrogen-bond donors (Lipinski definition) is 0. The zero-order chi connectivity index (χ0) is 13.1. The Labute approximate surface area is 106 Å². The zero-order valence-corrected chi connectivity index (χ0v) is 10.5. The number of rotatable bonds is 3. The fourth-order valence-electron chi connectivity index (χ4n) is 1.89. The predicted molar refractivity (Wildman–Crippen MR) is 69.3 cm³/mol. The second-order valence-corrected chi connectivity index (χ2v) is 4.30. The highest BCUT2D eigenvalue weighted by Crippen LogP contribution is 2.14. The summed E-state index contributed by atoms with van der Waals surface area (Å²) in [4.78, 5) is 12.3. The van der Waals surface area contributed by atoms with Gasteiger partial charge in [0.2, 0.25) is 5.78 Å². The summed E-state index contributed by atoms with van der Waals surface area (Å²) in [7, 11) is 1.81. The fourth-order valence-corrected chi connectivity index (χ4v) is 1.89. The summed E-state index contributed by atoms with van der Waals surface area (Å²) in [6.45, 7) is 1.99. The lowest BCUT2D eigenvalue weighted by Gasteiger charge is -2.05. The smallest absolute Gasteiger partial charge is 0.209 e. The maximum Gasteiger partial charge on any atom is 0.209 e. The minimum absolute atomic E-state index is 0.0123. The summed E-state index contributed by atoms with van der Waals surface area (Å²) in [6, 6.07) is 13.2. The number of aromatic nitrogens is 1. The lowest BCUT2D eigenvalue weighted by molar-refractivity contribution is 0.103. The first-order chi connectivity index (χ1) is 8.63. The van der Waals surface area contributed by atoms with Gasteiger partial charge in [0, 0.05) is 18.3 Å². The van der Waals surface area contributed by atoms with Gasteiger partial charge in [0.15, 0.2) is 0 Å². The van der Waals surface area contributed by atoms with Crippen LogP contribution in [0.25, 0.3) is 0 Å². The van der Waals surface area contributed by atoms with Crippen molar-refractivity contribution in [1.82, 2.24) is 4.57 Å². The molecule has 0 aliphatic heterocycles. The lowest BCUT2D eigenvalue weighted by atomic mass is 10.1. The van der Waals surface area contributed by atoms with E-state index in [0.29, 0.717) is 17.7 Å². The largest absolute Gasteiger partial charge is 0.344 e. The molecule has 0 aliphatic carbocycles. The standard InChI is InChI=1S/C15H14N2O/c1-11-3-5-12(6-4-11)15(18)14-8-7-13(9-10-16)17(14)2/h3-8H,9H2,1-2H3. The van der Waals surface area contributed by atoms with Gasteiger partial charge >= 0.3 is 0 Å². The van der Waals surface area contributed by atoms with Crippen LogP contribution in [0.3, 0.4) is 0 Å². The van der Waals surface area contributed by atoms with Crippen LogP contribution in [0, 0.1) is 18.3 Å². The van der Waals surface area contributed by atoms with Crippen molar-refractivity contribution in [3.63, 3.8) is 0 Å². The molecular weight excluding hydrogens is 224 g/mol. The first-order valence-corrected chi connectivity index (χ1v) is 5.76. The van der Waals surface area contributed by atoms with E-state index in [1.54, 1.807) is 10.6 Å². The zero-order valence-electron chi connectivity index (χ0n) is 10.5. The molecule has 0 saturated heterocycles. The van der Waals surface area contributed by atoms with Gasteiger partial charge in [0.05, 0.1) is 18.2 Å². The molecule has 0 amide bonds. The molecule has 0 aliphatic rings. The molecular formula is C15H14N2O. The van der Waals surface area contributed by atoms with Gasteiger partial charge in [-0.2, -0.15) is 5.26 Å². The van der Waals surface area contributed by atoms with E-state index >= 15 is 0 Å². The minimum Gasteiger partial charge on any atom is -0.344 e. The van der Waals surface area contributed by atoms with E-state index in [0.717, 1.165) is 11.3 Å². The predicted octanol–water partition coefficient (Wildman–Crippen LogP) is 2.63. The Morgan fingerprint density at radius 2 is 1.89 bits per heavy atom. The second kappa shape index (κ2) is 4.89. The van der Waals surface area contributed by atoms with Gasteiger partial charge in [0.25, 0.3) is 0 Å². The highest BCUT2D eigenvalue weighted by molar-refractivity contribution is 6.08. The molecule has 0 fully saturated rings. The van der Waals surface area contributed by atoms with Crippen LogP contribution < -0.4 is 0 Å². The van der Waals surface area contributed by atoms with E-state index in [9.17, 15) is 4.79 Å². The van der Waals surface area contributed by atoms with E-state index < -0.39 is 0 Å². The molecule has 0 N–H and O–H groups in total. The van der Waals surface area contributed by atoms with Crippen molar-refractivity contribution < 1.29 is 4.79 Å². The first kappa shape index (κ1) is 12.1. The SMILES string of the molecule is Cc1ccc(C(=O)c2ccc(CC#N)n2C)cc1. The fraction of sp³-hybridized carbons (Fsp3) is 0.200. The van der Waals surface area contributed by atoms with Crippen LogP contribution in [0.5, 0.6) is 0 Å². The summed E-state index contributed by atoms with van der Waals surface area (Å²) in [5.74, 6) is -0.0123. The van der Waals surface area contributed by atoms with Crippen LogP contribution in [0.15, 0.2) is 36.4 Å². The Bertz CT molecular complexity index is 615. The quantitative estimate of drug-likeness (QED) is 0.772. The van der Waals surface area contributed by atoms with Gasteiger partial charge < -0.3 is 4.57 Å². The van der Waals surface area contributed by atoms with Gasteiger partial charge in [-0.25, -0.2) is 0 Å². The number of carbonyl (C=O) groups is 1. The van der Waals surface area contributed by atoms with Crippen molar-refractivity contribution in [3.8, 4) is 6.07 Å². The van der Waals surface area contributed by atoms with Crippen LogP contribution in [0.1, 0.15) is 27.3 Å². The minimum atomic E-state index is -0.0123. The first-order valence-electron chi connectivity index (χ1n) is 5.76. The molecule has 0 bridgehead atoms. The number of nitrogens with zero attached hydrogens (tertiary/aromatic N) is 2. The van der Waals surface area contributed by atoms with E-state index in [1.807, 2.05) is 44.3 Å². The molecule has 3 nitrogen and oxygen atoms in total. The average Bonchev–Trinajstić information content (AvgIpc) is 2.72. The number of carbonyl (C=O) groups excluding carboxylic acids is 1. The van der Waals surface area contributed by atoms with Crippen molar-refractivity contribution in [2.24, 2.45) is 7.05 Å². The molecule has 1 aromatic carbocycles. The van der Waals surface area contributed by atoms with Crippen molar-refractivity contribution >= 4 is 5.78 Å². The number of aryl methyl sites for hydroxylation is 1. The van der Waals surface area contributed by atoms with E-state index in [4.69, 9.17) is 5.26 Å². The van der Waals surface area contributed by atoms with Crippen LogP contribution >= 0.6 is 0 Å². The van der Waals surface area contributed by atoms with E-state index in [1.165, 1.54) is 0 Å². The monoisotopic (exact) mass is 238 g/mol. The molecule has 2 rings (SSSR count). The van der Waals surface area contributed by atoms with Crippen LogP contribution in [0.4, 0.5) is 0 Å². The number of benzene rings is 1. The Hall–Kier alpha value is -2.34. The molecule has 1 aromatic heterocycles. The number of ketones is 1. The molecule has 3 heteroatoms. The van der Waals surface area contributed by atoms with Gasteiger partial charge in [-0.05, 0) is 19.1 Å². The van der Waals surface area contributed by atoms with Gasteiger partial charge in [-0.3, -0.25) is 4.79 Å². The summed E-state index contributed by atoms with van der Waals surface area (Å²) < 4.78 is 1.78. The van der Waals surface area contributed by atoms with E-state index in [-0.39, 0.29) is 5.78 Å². The molecule has 90 valence electrons. The summed E-state index contributed by atoms with van der Waals surface area (Å²) in [5, 5.41) is 8.69. The van der Waals surface area contributed by atoms with Gasteiger partial charge in [0.1, 0.15) is 0 Å². The number of nitriles is 1. The van der Waals surface area contributed by atoms with Gasteiger partial charge in [-0.15, -0.1) is 0 Å². The molecule has 0 saturated carbocycles. The topological polar surface area (TPSA) is 45.8 Å². The van der Waals surface area contributed by atoms with Crippen LogP contribution in [-0.2, 0) is 13.5 Å². The maximum absolute atomic E-state index is 12.3. The van der Waals surface area contributed by atoms with Crippen molar-refractivity contribution in [1.29, 1.82) is 5.26 Å². The summed E-state index contributed by atoms with van der Waals surface area (Å²) in [6.07, 6.45) is 0.317. The molecule has 0 spiro atoms. The summed E-state index contributed by atoms with van der Waals surface area (Å²) >= 11 is 0. The van der Waals surface area contributed by atoms with E-state index in [2.05, 4.69) is 6.07 Å². The summed E-state index contributed by atoms with van der Waals surface area (Å²) in [5.41, 5.74) is 3.27. The Balaban J connectivity index is 2.35. The van der Waals surface area contributed by atoms with Gasteiger partial charge in [-0.1, -0.05) is 29.8 Å². The highest BCUT2D eigenvalue weighted by Gasteiger charge is 2.14. The third kappa shape index (κ3) is 2.18. The normalized spacial score (nSPS) is 10.1. The van der Waals surface area contributed by atoms with Crippen molar-refractivity contribution in [3.05, 3.63) is 58.9 Å². The van der Waals surface area contributed by atoms with Crippen molar-refractivity contribution in [2.75, 3.05) is 0 Å². The second-order valence-electron chi connectivity index (χ2n) is 4.30. The Morgan fingerprint density at radius 3 is 2.50 bits per heavy atom. The lowest BCUT2D eigenvalue weighted by Crippen LogP contribution is -2.09. The van der Waals surface area contributed by atoms with Crippen molar-refractivity contribution in [2.45, 2.75) is 13.3 Å². The maximum atomic E-state index is 12.3. The van der Waals surface area contributed by atoms with Crippen LogP contribution in [-0.4, -0.2) is 10.4 Å². The Kier molecular flexibility index (Phi) is 3.29. The third-order valence-corrected chi connectivity index (χ3v) is 3.03.